The highest BCUT2D eigenvalue weighted by molar-refractivity contribution is 5.86. The van der Waals surface area contributed by atoms with Gasteiger partial charge in [0, 0.05) is 25.6 Å². The van der Waals surface area contributed by atoms with E-state index in [1.54, 1.807) is 0 Å². The Morgan fingerprint density at radius 2 is 1.72 bits per heavy atom. The van der Waals surface area contributed by atoms with Gasteiger partial charge in [0.15, 0.2) is 0 Å². The second-order valence-corrected chi connectivity index (χ2v) is 8.09. The molecule has 5 heteroatoms. The van der Waals surface area contributed by atoms with Crippen molar-refractivity contribution in [3.8, 4) is 5.75 Å². The third kappa shape index (κ3) is 4.91. The maximum absolute atomic E-state index is 12.4. The Morgan fingerprint density at radius 1 is 1.03 bits per heavy atom. The van der Waals surface area contributed by atoms with Crippen LogP contribution in [0.15, 0.2) is 54.6 Å². The number of anilines is 1. The molecule has 4 rings (SSSR count). The molecule has 1 aliphatic carbocycles. The Kier molecular flexibility index (Phi) is 6.35. The summed E-state index contributed by atoms with van der Waals surface area (Å²) in [6.07, 6.45) is 2.07. The first-order valence-electron chi connectivity index (χ1n) is 10.6. The number of carbonyl (C=O) groups excluding carboxylic acids is 1. The number of piperidine rings is 1. The lowest BCUT2D eigenvalue weighted by atomic mass is 9.85. The topological polar surface area (TPSA) is 50.8 Å². The summed E-state index contributed by atoms with van der Waals surface area (Å²) in [5.41, 5.74) is 2.02. The maximum Gasteiger partial charge on any atom is 0.411 e. The zero-order chi connectivity index (χ0) is 20.1. The van der Waals surface area contributed by atoms with Crippen molar-refractivity contribution >= 4 is 11.8 Å². The average Bonchev–Trinajstić information content (AvgIpc) is 2.97. The Balaban J connectivity index is 1.28. The molecule has 29 heavy (non-hydrogen) atoms. The lowest BCUT2D eigenvalue weighted by Gasteiger charge is -2.37. The molecule has 154 valence electrons. The predicted molar refractivity (Wildman–Crippen MR) is 114 cm³/mol. The van der Waals surface area contributed by atoms with Crippen LogP contribution < -0.4 is 10.1 Å². The summed E-state index contributed by atoms with van der Waals surface area (Å²) in [5, 5.41) is 2.83. The van der Waals surface area contributed by atoms with Gasteiger partial charge in [-0.15, -0.1) is 0 Å². The second kappa shape index (κ2) is 9.31. The number of benzene rings is 2. The van der Waals surface area contributed by atoms with Crippen molar-refractivity contribution in [1.82, 2.24) is 4.90 Å². The van der Waals surface area contributed by atoms with Gasteiger partial charge in [0.25, 0.3) is 0 Å². The zero-order valence-electron chi connectivity index (χ0n) is 17.0. The van der Waals surface area contributed by atoms with Gasteiger partial charge in [-0.1, -0.05) is 42.5 Å². The van der Waals surface area contributed by atoms with Gasteiger partial charge in [-0.05, 0) is 49.3 Å². The lowest BCUT2D eigenvalue weighted by molar-refractivity contribution is 0.0528. The number of nitrogens with one attached hydrogen (secondary N) is 1. The molecule has 0 radical (unpaired) electrons. The van der Waals surface area contributed by atoms with Crippen LogP contribution in [-0.4, -0.2) is 37.3 Å². The number of carbonyl (C=O) groups is 1. The largest absolute Gasteiger partial charge is 0.492 e. The molecule has 0 aromatic heterocycles. The highest BCUT2D eigenvalue weighted by Gasteiger charge is 2.42. The van der Waals surface area contributed by atoms with Crippen LogP contribution >= 0.6 is 0 Å². The molecule has 5 nitrogen and oxygen atoms in total. The summed E-state index contributed by atoms with van der Waals surface area (Å²) < 4.78 is 11.2. The molecule has 2 aliphatic rings. The molecule has 1 amide bonds. The molecule has 1 aliphatic heterocycles. The van der Waals surface area contributed by atoms with Gasteiger partial charge in [-0.2, -0.15) is 0 Å². The van der Waals surface area contributed by atoms with Crippen LogP contribution in [0.4, 0.5) is 10.5 Å². The predicted octanol–water partition coefficient (Wildman–Crippen LogP) is 4.79. The summed E-state index contributed by atoms with van der Waals surface area (Å²) in [7, 11) is 0. The SMILES string of the molecule is CCOc1ccccc1NC(=O)OCC1C2CCC1CN(Cc1ccccc1)C2. The first-order valence-corrected chi connectivity index (χ1v) is 10.6. The van der Waals surface area contributed by atoms with Gasteiger partial charge >= 0.3 is 6.09 Å². The fourth-order valence-electron chi connectivity index (χ4n) is 4.84. The minimum Gasteiger partial charge on any atom is -0.492 e. The van der Waals surface area contributed by atoms with Crippen LogP contribution in [0.1, 0.15) is 25.3 Å². The zero-order valence-corrected chi connectivity index (χ0v) is 17.0. The molecular formula is C24H30N2O3. The molecule has 1 heterocycles. The van der Waals surface area contributed by atoms with Gasteiger partial charge in [-0.3, -0.25) is 10.2 Å². The molecule has 2 fully saturated rings. The molecule has 2 aromatic carbocycles. The van der Waals surface area contributed by atoms with E-state index >= 15 is 0 Å². The summed E-state index contributed by atoms with van der Waals surface area (Å²) >= 11 is 0. The van der Waals surface area contributed by atoms with Crippen LogP contribution in [-0.2, 0) is 11.3 Å². The van der Waals surface area contributed by atoms with Crippen LogP contribution in [0.2, 0.25) is 0 Å². The summed E-state index contributed by atoms with van der Waals surface area (Å²) in [4.78, 5) is 14.9. The summed E-state index contributed by atoms with van der Waals surface area (Å²) in [6.45, 7) is 6.17. The number of hydrogen-bond donors (Lipinski definition) is 1. The lowest BCUT2D eigenvalue weighted by Crippen LogP contribution is -2.43. The Hall–Kier alpha value is -2.53. The van der Waals surface area contributed by atoms with E-state index in [1.165, 1.54) is 18.4 Å². The van der Waals surface area contributed by atoms with Crippen LogP contribution in [0.5, 0.6) is 5.75 Å². The van der Waals surface area contributed by atoms with Crippen molar-refractivity contribution < 1.29 is 14.3 Å². The van der Waals surface area contributed by atoms with Crippen molar-refractivity contribution in [3.05, 3.63) is 60.2 Å². The molecule has 0 spiro atoms. The number of nitrogens with zero attached hydrogens (tertiary/aromatic N) is 1. The average molecular weight is 395 g/mol. The maximum atomic E-state index is 12.4. The van der Waals surface area contributed by atoms with Crippen LogP contribution in [0.25, 0.3) is 0 Å². The van der Waals surface area contributed by atoms with E-state index < -0.39 is 6.09 Å². The van der Waals surface area contributed by atoms with Gasteiger partial charge in [0.2, 0.25) is 0 Å². The Bertz CT molecular complexity index is 797. The highest BCUT2D eigenvalue weighted by Crippen LogP contribution is 2.42. The Labute approximate surface area is 173 Å². The third-order valence-electron chi connectivity index (χ3n) is 6.18. The normalized spacial score (nSPS) is 23.6. The van der Waals surface area contributed by atoms with E-state index in [4.69, 9.17) is 9.47 Å². The minimum absolute atomic E-state index is 0.400. The van der Waals surface area contributed by atoms with Crippen molar-refractivity contribution in [2.24, 2.45) is 17.8 Å². The van der Waals surface area contributed by atoms with Crippen molar-refractivity contribution in [2.75, 3.05) is 31.6 Å². The number of para-hydroxylation sites is 2. The monoisotopic (exact) mass is 394 g/mol. The Morgan fingerprint density at radius 3 is 2.45 bits per heavy atom. The minimum atomic E-state index is -0.400. The molecule has 1 saturated carbocycles. The van der Waals surface area contributed by atoms with E-state index in [1.807, 2.05) is 31.2 Å². The van der Waals surface area contributed by atoms with E-state index in [-0.39, 0.29) is 0 Å². The number of fused-ring (bicyclic) bond motifs is 2. The van der Waals surface area contributed by atoms with Gasteiger partial charge in [-0.25, -0.2) is 4.79 Å². The van der Waals surface area contributed by atoms with Gasteiger partial charge in [0.05, 0.1) is 18.9 Å². The number of ether oxygens (including phenoxy) is 2. The molecule has 1 saturated heterocycles. The third-order valence-corrected chi connectivity index (χ3v) is 6.18. The molecule has 2 aromatic rings. The number of rotatable bonds is 7. The van der Waals surface area contributed by atoms with Crippen molar-refractivity contribution in [2.45, 2.75) is 26.3 Å². The van der Waals surface area contributed by atoms with Gasteiger partial charge in [0.1, 0.15) is 5.75 Å². The molecule has 2 atom stereocenters. The molecule has 1 N–H and O–H groups in total. The smallest absolute Gasteiger partial charge is 0.411 e. The van der Waals surface area contributed by atoms with E-state index in [9.17, 15) is 4.79 Å². The van der Waals surface area contributed by atoms with Crippen molar-refractivity contribution in [3.63, 3.8) is 0 Å². The van der Waals surface area contributed by atoms with Gasteiger partial charge < -0.3 is 9.47 Å². The number of amides is 1. The molecule has 2 unspecified atom stereocenters. The van der Waals surface area contributed by atoms with E-state index in [0.29, 0.717) is 42.4 Å². The molecule has 2 bridgehead atoms. The van der Waals surface area contributed by atoms with Crippen molar-refractivity contribution in [1.29, 1.82) is 0 Å². The summed E-state index contributed by atoms with van der Waals surface area (Å²) in [5.74, 6) is 2.36. The number of hydrogen-bond acceptors (Lipinski definition) is 4. The standard InChI is InChI=1S/C24H30N2O3/c1-2-28-23-11-7-6-10-22(23)25-24(27)29-17-21-19-12-13-20(21)16-26(15-19)14-18-8-4-3-5-9-18/h3-11,19-21H,2,12-17H2,1H3,(H,25,27). The van der Waals surface area contributed by atoms with E-state index in [2.05, 4.69) is 40.5 Å². The fourth-order valence-corrected chi connectivity index (χ4v) is 4.84. The first-order chi connectivity index (χ1) is 14.2. The highest BCUT2D eigenvalue weighted by atomic mass is 16.5. The quantitative estimate of drug-likeness (QED) is 0.733. The first kappa shape index (κ1) is 19.8. The van der Waals surface area contributed by atoms with Crippen LogP contribution in [0.3, 0.4) is 0 Å². The fraction of sp³-hybridized carbons (Fsp3) is 0.458. The number of likely N-dealkylation sites (tertiary alicyclic amines) is 1. The second-order valence-electron chi connectivity index (χ2n) is 8.09. The molecular weight excluding hydrogens is 364 g/mol. The summed E-state index contributed by atoms with van der Waals surface area (Å²) in [6, 6.07) is 18.1. The van der Waals surface area contributed by atoms with E-state index in [0.717, 1.165) is 19.6 Å². The van der Waals surface area contributed by atoms with Crippen LogP contribution in [0, 0.1) is 17.8 Å².